The maximum atomic E-state index is 12.0. The van der Waals surface area contributed by atoms with E-state index in [4.69, 9.17) is 28.9 Å². The lowest BCUT2D eigenvalue weighted by molar-refractivity contribution is -0.130. The highest BCUT2D eigenvalue weighted by atomic mass is 35.5. The van der Waals surface area contributed by atoms with Crippen LogP contribution in [0.15, 0.2) is 17.2 Å². The average Bonchev–Trinajstić information content (AvgIpc) is 2.39. The molecule has 1 aliphatic rings. The number of halogens is 2. The van der Waals surface area contributed by atoms with Crippen LogP contribution in [0.4, 0.5) is 11.4 Å². The maximum Gasteiger partial charge on any atom is 0.271 e. The van der Waals surface area contributed by atoms with Gasteiger partial charge in [0, 0.05) is 25.6 Å². The van der Waals surface area contributed by atoms with Crippen LogP contribution in [0.5, 0.6) is 0 Å². The number of anilines is 2. The zero-order valence-corrected chi connectivity index (χ0v) is 12.1. The molecule has 0 bridgehead atoms. The minimum atomic E-state index is -0.402. The van der Waals surface area contributed by atoms with Crippen molar-refractivity contribution in [3.63, 3.8) is 0 Å². The highest BCUT2D eigenvalue weighted by Gasteiger charge is 2.22. The van der Waals surface area contributed by atoms with Crippen LogP contribution in [-0.4, -0.2) is 29.6 Å². The number of hydrogen-bond acceptors (Lipinski definition) is 4. The predicted molar refractivity (Wildman–Crippen MR) is 78.9 cm³/mol. The zero-order chi connectivity index (χ0) is 14.9. The fourth-order valence-corrected chi connectivity index (χ4v) is 2.18. The van der Waals surface area contributed by atoms with E-state index in [0.717, 1.165) is 5.01 Å². The molecule has 1 aliphatic heterocycles. The lowest BCUT2D eigenvalue weighted by atomic mass is 10.1. The maximum absolute atomic E-state index is 12.0. The molecule has 0 radical (unpaired) electrons. The molecular formula is C12H12Cl2N4O2. The first-order valence-corrected chi connectivity index (χ1v) is 6.54. The molecule has 0 aliphatic carbocycles. The van der Waals surface area contributed by atoms with Crippen LogP contribution < -0.4 is 11.1 Å². The first kappa shape index (κ1) is 14.6. The zero-order valence-electron chi connectivity index (χ0n) is 10.6. The Bertz CT molecular complexity index is 592. The Morgan fingerprint density at radius 1 is 1.35 bits per heavy atom. The molecule has 106 valence electrons. The number of hydrogen-bond donors (Lipinski definition) is 2. The van der Waals surface area contributed by atoms with Crippen LogP contribution in [-0.2, 0) is 9.59 Å². The van der Waals surface area contributed by atoms with E-state index in [2.05, 4.69) is 10.4 Å². The number of carbonyl (C=O) groups is 2. The molecular weight excluding hydrogens is 303 g/mol. The van der Waals surface area contributed by atoms with Gasteiger partial charge in [0.25, 0.3) is 5.91 Å². The van der Waals surface area contributed by atoms with E-state index in [1.54, 1.807) is 0 Å². The number of amides is 2. The van der Waals surface area contributed by atoms with Gasteiger partial charge < -0.3 is 11.1 Å². The first-order chi connectivity index (χ1) is 9.38. The number of rotatable bonds is 2. The number of nitrogens with two attached hydrogens (primary N) is 1. The average molecular weight is 315 g/mol. The van der Waals surface area contributed by atoms with Gasteiger partial charge >= 0.3 is 0 Å². The Morgan fingerprint density at radius 2 is 1.95 bits per heavy atom. The van der Waals surface area contributed by atoms with E-state index in [0.29, 0.717) is 12.1 Å². The number of nitrogens with zero attached hydrogens (tertiary/aromatic N) is 2. The van der Waals surface area contributed by atoms with Crippen molar-refractivity contribution >= 4 is 52.1 Å². The van der Waals surface area contributed by atoms with Gasteiger partial charge in [-0.2, -0.15) is 5.10 Å². The van der Waals surface area contributed by atoms with Crippen LogP contribution in [0.1, 0.15) is 12.8 Å². The van der Waals surface area contributed by atoms with E-state index in [-0.39, 0.29) is 33.8 Å². The molecule has 1 aromatic carbocycles. The molecule has 0 atom stereocenters. The number of carbonyl (C=O) groups excluding carboxylic acids is 2. The van der Waals surface area contributed by atoms with Gasteiger partial charge in [-0.25, -0.2) is 5.01 Å². The van der Waals surface area contributed by atoms with E-state index in [9.17, 15) is 9.59 Å². The molecule has 3 N–H and O–H groups in total. The van der Waals surface area contributed by atoms with E-state index in [1.165, 1.54) is 19.2 Å². The third-order valence-corrected chi connectivity index (χ3v) is 3.43. The molecule has 0 fully saturated rings. The summed E-state index contributed by atoms with van der Waals surface area (Å²) in [5, 5.41) is 8.21. The minimum absolute atomic E-state index is 0.125. The molecule has 2 rings (SSSR count). The lowest BCUT2D eigenvalue weighted by Gasteiger charge is -2.19. The normalized spacial score (nSPS) is 15.1. The van der Waals surface area contributed by atoms with Crippen LogP contribution in [0.2, 0.25) is 10.0 Å². The molecule has 1 aromatic rings. The lowest BCUT2D eigenvalue weighted by Crippen LogP contribution is -2.34. The van der Waals surface area contributed by atoms with Gasteiger partial charge in [-0.05, 0) is 12.1 Å². The van der Waals surface area contributed by atoms with Crippen molar-refractivity contribution < 1.29 is 9.59 Å². The largest absolute Gasteiger partial charge is 0.396 e. The summed E-state index contributed by atoms with van der Waals surface area (Å²) in [4.78, 5) is 23.3. The topological polar surface area (TPSA) is 87.8 Å². The Balaban J connectivity index is 2.16. The van der Waals surface area contributed by atoms with E-state index < -0.39 is 5.91 Å². The molecule has 8 heteroatoms. The standard InChI is InChI=1S/C12H12Cl2N4O2/c1-18-10(19)3-2-9(17-18)12(20)16-6-4-7(13)11(15)8(14)5-6/h4-5H,2-3,15H2,1H3,(H,16,20). The second kappa shape index (κ2) is 5.68. The second-order valence-corrected chi connectivity index (χ2v) is 5.09. The highest BCUT2D eigenvalue weighted by molar-refractivity contribution is 6.44. The van der Waals surface area contributed by atoms with Crippen molar-refractivity contribution in [3.8, 4) is 0 Å². The molecule has 0 spiro atoms. The van der Waals surface area contributed by atoms with E-state index in [1.807, 2.05) is 0 Å². The number of nitrogens with one attached hydrogen (secondary N) is 1. The fourth-order valence-electron chi connectivity index (χ4n) is 1.69. The van der Waals surface area contributed by atoms with Crippen molar-refractivity contribution in [3.05, 3.63) is 22.2 Å². The van der Waals surface area contributed by atoms with Crippen molar-refractivity contribution in [1.82, 2.24) is 5.01 Å². The van der Waals surface area contributed by atoms with Crippen molar-refractivity contribution in [2.75, 3.05) is 18.1 Å². The predicted octanol–water partition coefficient (Wildman–Crippen LogP) is 2.12. The van der Waals surface area contributed by atoms with Crippen molar-refractivity contribution in [1.29, 1.82) is 0 Å². The van der Waals surface area contributed by atoms with Crippen molar-refractivity contribution in [2.45, 2.75) is 12.8 Å². The molecule has 0 aromatic heterocycles. The summed E-state index contributed by atoms with van der Waals surface area (Å²) in [6.07, 6.45) is 0.553. The highest BCUT2D eigenvalue weighted by Crippen LogP contribution is 2.31. The van der Waals surface area contributed by atoms with Gasteiger partial charge in [0.2, 0.25) is 5.91 Å². The Kier molecular flexibility index (Phi) is 4.15. The van der Waals surface area contributed by atoms with Crippen LogP contribution >= 0.6 is 23.2 Å². The Labute approximate surface area is 125 Å². The number of hydrazone groups is 1. The SMILES string of the molecule is CN1N=C(C(=O)Nc2cc(Cl)c(N)c(Cl)c2)CCC1=O. The second-order valence-electron chi connectivity index (χ2n) is 4.27. The molecule has 2 amide bonds. The summed E-state index contributed by atoms with van der Waals surface area (Å²) >= 11 is 11.8. The number of nitrogen functional groups attached to an aromatic ring is 1. The minimum Gasteiger partial charge on any atom is -0.396 e. The van der Waals surface area contributed by atoms with Crippen molar-refractivity contribution in [2.24, 2.45) is 5.10 Å². The quantitative estimate of drug-likeness (QED) is 0.819. The number of benzene rings is 1. The monoisotopic (exact) mass is 314 g/mol. The van der Waals surface area contributed by atoms with Crippen LogP contribution in [0, 0.1) is 0 Å². The molecule has 0 saturated carbocycles. The van der Waals surface area contributed by atoms with Gasteiger partial charge in [0.05, 0.1) is 15.7 Å². The smallest absolute Gasteiger partial charge is 0.271 e. The molecule has 20 heavy (non-hydrogen) atoms. The molecule has 6 nitrogen and oxygen atoms in total. The Morgan fingerprint density at radius 3 is 2.50 bits per heavy atom. The Hall–Kier alpha value is -1.79. The summed E-state index contributed by atoms with van der Waals surface area (Å²) in [5.74, 6) is -0.527. The van der Waals surface area contributed by atoms with Crippen LogP contribution in [0.3, 0.4) is 0 Å². The summed E-state index contributed by atoms with van der Waals surface area (Å²) in [5.41, 5.74) is 6.56. The summed E-state index contributed by atoms with van der Waals surface area (Å²) in [6, 6.07) is 3.00. The molecule has 0 saturated heterocycles. The molecule has 0 unspecified atom stereocenters. The third-order valence-electron chi connectivity index (χ3n) is 2.81. The molecule has 1 heterocycles. The van der Waals surface area contributed by atoms with Gasteiger partial charge in [-0.15, -0.1) is 0 Å². The summed E-state index contributed by atoms with van der Waals surface area (Å²) in [6.45, 7) is 0. The van der Waals surface area contributed by atoms with Crippen LogP contribution in [0.25, 0.3) is 0 Å². The first-order valence-electron chi connectivity index (χ1n) is 5.78. The third kappa shape index (κ3) is 3.02. The van der Waals surface area contributed by atoms with Gasteiger partial charge in [-0.3, -0.25) is 9.59 Å². The van der Waals surface area contributed by atoms with Gasteiger partial charge in [0.15, 0.2) is 0 Å². The van der Waals surface area contributed by atoms with E-state index >= 15 is 0 Å². The van der Waals surface area contributed by atoms with Gasteiger partial charge in [0.1, 0.15) is 5.71 Å². The summed E-state index contributed by atoms with van der Waals surface area (Å²) in [7, 11) is 1.51. The summed E-state index contributed by atoms with van der Waals surface area (Å²) < 4.78 is 0. The van der Waals surface area contributed by atoms with Gasteiger partial charge in [-0.1, -0.05) is 23.2 Å². The fraction of sp³-hybridized carbons (Fsp3) is 0.250.